The Bertz CT molecular complexity index is 627. The first-order valence-corrected chi connectivity index (χ1v) is 6.51. The molecule has 0 amide bonds. The molecule has 0 radical (unpaired) electrons. The van der Waals surface area contributed by atoms with Gasteiger partial charge in [-0.2, -0.15) is 26.3 Å². The van der Waals surface area contributed by atoms with Crippen LogP contribution in [0.3, 0.4) is 0 Å². The number of halogens is 6. The molecule has 0 saturated carbocycles. The Kier molecular flexibility index (Phi) is 6.05. The molecule has 0 bridgehead atoms. The van der Waals surface area contributed by atoms with Crippen LogP contribution in [-0.2, 0) is 11.0 Å². The number of carbonyl (C=O) groups is 1. The molecule has 1 aromatic carbocycles. The number of alkyl halides is 6. The van der Waals surface area contributed by atoms with Crippen molar-refractivity contribution in [1.29, 1.82) is 0 Å². The predicted octanol–water partition coefficient (Wildman–Crippen LogP) is 4.21. The van der Waals surface area contributed by atoms with Crippen molar-refractivity contribution in [2.75, 3.05) is 19.4 Å². The summed E-state index contributed by atoms with van der Waals surface area (Å²) in [4.78, 5) is 12.6. The molecule has 1 rings (SSSR count). The van der Waals surface area contributed by atoms with E-state index in [4.69, 9.17) is 0 Å². The number of ketones is 1. The minimum atomic E-state index is -5.04. The van der Waals surface area contributed by atoms with E-state index in [-0.39, 0.29) is 11.4 Å². The van der Waals surface area contributed by atoms with E-state index in [1.807, 2.05) is 0 Å². The summed E-state index contributed by atoms with van der Waals surface area (Å²) in [5.74, 6) is -2.08. The highest BCUT2D eigenvalue weighted by Gasteiger charge is 2.36. The van der Waals surface area contributed by atoms with E-state index in [2.05, 4.69) is 5.32 Å². The van der Waals surface area contributed by atoms with Gasteiger partial charge >= 0.3 is 12.4 Å². The highest BCUT2D eigenvalue weighted by atomic mass is 19.4. The Labute approximate surface area is 134 Å². The van der Waals surface area contributed by atoms with Crippen molar-refractivity contribution in [3.05, 3.63) is 53.9 Å². The molecule has 0 fully saturated rings. The number of carbonyl (C=O) groups excluding carboxylic acids is 1. The minimum absolute atomic E-state index is 0.104. The van der Waals surface area contributed by atoms with Gasteiger partial charge in [-0.25, -0.2) is 0 Å². The summed E-state index contributed by atoms with van der Waals surface area (Å²) in [5, 5.41) is 2.48. The summed E-state index contributed by atoms with van der Waals surface area (Å²) in [5.41, 5.74) is -1.01. The molecule has 0 aromatic heterocycles. The zero-order valence-corrected chi connectivity index (χ0v) is 12.7. The quantitative estimate of drug-likeness (QED) is 0.490. The lowest BCUT2D eigenvalue weighted by Crippen LogP contribution is -2.21. The maximum atomic E-state index is 12.5. The van der Waals surface area contributed by atoms with Crippen molar-refractivity contribution in [2.45, 2.75) is 12.4 Å². The second-order valence-electron chi connectivity index (χ2n) is 4.94. The van der Waals surface area contributed by atoms with Gasteiger partial charge in [-0.15, -0.1) is 0 Å². The molecule has 24 heavy (non-hydrogen) atoms. The van der Waals surface area contributed by atoms with Crippen LogP contribution < -0.4 is 5.32 Å². The van der Waals surface area contributed by atoms with E-state index < -0.39 is 23.7 Å². The number of hydrogen-bond donors (Lipinski definition) is 1. The zero-order valence-electron chi connectivity index (χ0n) is 12.7. The molecule has 132 valence electrons. The summed E-state index contributed by atoms with van der Waals surface area (Å²) in [6, 6.07) is 3.67. The SMILES string of the molecule is CN(C)C=CC(=CC(=O)C(F)(F)F)Nc1ccc(C(F)(F)F)cc1. The third kappa shape index (κ3) is 6.35. The maximum Gasteiger partial charge on any atom is 0.454 e. The molecule has 0 aliphatic carbocycles. The average molecular weight is 352 g/mol. The molecule has 9 heteroatoms. The topological polar surface area (TPSA) is 32.3 Å². The maximum absolute atomic E-state index is 12.5. The number of benzene rings is 1. The Morgan fingerprint density at radius 1 is 1.04 bits per heavy atom. The third-order valence-electron chi connectivity index (χ3n) is 2.62. The van der Waals surface area contributed by atoms with E-state index in [1.165, 1.54) is 17.2 Å². The molecular weight excluding hydrogens is 338 g/mol. The van der Waals surface area contributed by atoms with Gasteiger partial charge in [0.1, 0.15) is 0 Å². The van der Waals surface area contributed by atoms with E-state index in [9.17, 15) is 31.1 Å². The van der Waals surface area contributed by atoms with Crippen molar-refractivity contribution in [3.63, 3.8) is 0 Å². The normalized spacial score (nSPS) is 13.2. The van der Waals surface area contributed by atoms with Gasteiger partial charge in [0.2, 0.25) is 0 Å². The average Bonchev–Trinajstić information content (AvgIpc) is 2.43. The number of nitrogens with zero attached hydrogens (tertiary/aromatic N) is 1. The molecule has 0 unspecified atom stereocenters. The van der Waals surface area contributed by atoms with Gasteiger partial charge in [0, 0.05) is 37.8 Å². The molecule has 0 spiro atoms. The van der Waals surface area contributed by atoms with Crippen molar-refractivity contribution in [1.82, 2.24) is 4.90 Å². The number of anilines is 1. The van der Waals surface area contributed by atoms with E-state index in [0.717, 1.165) is 24.3 Å². The number of nitrogens with one attached hydrogen (secondary N) is 1. The molecule has 0 atom stereocenters. The fraction of sp³-hybridized carbons (Fsp3) is 0.267. The number of rotatable bonds is 5. The van der Waals surface area contributed by atoms with Crippen molar-refractivity contribution in [3.8, 4) is 0 Å². The fourth-order valence-corrected chi connectivity index (χ4v) is 1.49. The van der Waals surface area contributed by atoms with Gasteiger partial charge in [-0.1, -0.05) is 0 Å². The van der Waals surface area contributed by atoms with Crippen LogP contribution in [-0.4, -0.2) is 31.0 Å². The van der Waals surface area contributed by atoms with Crippen LogP contribution in [0.1, 0.15) is 5.56 Å². The number of hydrogen-bond acceptors (Lipinski definition) is 3. The van der Waals surface area contributed by atoms with Crippen LogP contribution in [0.4, 0.5) is 32.0 Å². The Morgan fingerprint density at radius 2 is 1.58 bits per heavy atom. The fourth-order valence-electron chi connectivity index (χ4n) is 1.49. The van der Waals surface area contributed by atoms with Crippen molar-refractivity contribution < 1.29 is 31.1 Å². The summed E-state index contributed by atoms with van der Waals surface area (Å²) >= 11 is 0. The Balaban J connectivity index is 3.05. The highest BCUT2D eigenvalue weighted by Crippen LogP contribution is 2.30. The predicted molar refractivity (Wildman–Crippen MR) is 77.0 cm³/mol. The van der Waals surface area contributed by atoms with Crippen LogP contribution in [0.15, 0.2) is 48.3 Å². The Morgan fingerprint density at radius 3 is 2.00 bits per heavy atom. The lowest BCUT2D eigenvalue weighted by atomic mass is 10.2. The highest BCUT2D eigenvalue weighted by molar-refractivity contribution is 5.95. The number of allylic oxidation sites excluding steroid dienone is 2. The summed E-state index contributed by atoms with van der Waals surface area (Å²) in [7, 11) is 3.22. The standard InChI is InChI=1S/C15H14F6N2O/c1-23(2)8-7-12(9-13(24)15(19,20)21)22-11-5-3-10(4-6-11)14(16,17)18/h3-9,22H,1-2H3. The van der Waals surface area contributed by atoms with Gasteiger partial charge in [-0.05, 0) is 30.3 Å². The zero-order chi connectivity index (χ0) is 18.5. The lowest BCUT2D eigenvalue weighted by Gasteiger charge is -2.12. The third-order valence-corrected chi connectivity index (χ3v) is 2.62. The van der Waals surface area contributed by atoms with Gasteiger partial charge < -0.3 is 10.2 Å². The molecule has 0 aliphatic rings. The van der Waals surface area contributed by atoms with Crippen LogP contribution in [0.2, 0.25) is 0 Å². The molecule has 0 heterocycles. The minimum Gasteiger partial charge on any atom is -0.383 e. The molecule has 0 saturated heterocycles. The second-order valence-corrected chi connectivity index (χ2v) is 4.94. The van der Waals surface area contributed by atoms with E-state index >= 15 is 0 Å². The summed E-state index contributed by atoms with van der Waals surface area (Å²) in [6.45, 7) is 0. The molecule has 3 nitrogen and oxygen atoms in total. The first-order valence-electron chi connectivity index (χ1n) is 6.51. The van der Waals surface area contributed by atoms with Gasteiger partial charge in [-0.3, -0.25) is 4.79 Å². The first-order chi connectivity index (χ1) is 10.9. The summed E-state index contributed by atoms with van der Waals surface area (Å²) in [6.07, 6.45) is -6.65. The molecular formula is C15H14F6N2O. The van der Waals surface area contributed by atoms with Crippen LogP contribution in [0, 0.1) is 0 Å². The molecule has 1 aromatic rings. The van der Waals surface area contributed by atoms with Gasteiger partial charge in [0.05, 0.1) is 5.56 Å². The molecule has 0 aliphatic heterocycles. The van der Waals surface area contributed by atoms with Crippen molar-refractivity contribution in [2.24, 2.45) is 0 Å². The second kappa shape index (κ2) is 7.41. The van der Waals surface area contributed by atoms with Gasteiger partial charge in [0.15, 0.2) is 0 Å². The Hall–Kier alpha value is -2.45. The summed E-state index contributed by atoms with van der Waals surface area (Å²) < 4.78 is 74.5. The van der Waals surface area contributed by atoms with Crippen molar-refractivity contribution >= 4 is 11.5 Å². The van der Waals surface area contributed by atoms with Crippen LogP contribution >= 0.6 is 0 Å². The van der Waals surface area contributed by atoms with Gasteiger partial charge in [0.25, 0.3) is 5.78 Å². The largest absolute Gasteiger partial charge is 0.454 e. The van der Waals surface area contributed by atoms with Crippen LogP contribution in [0.25, 0.3) is 0 Å². The molecule has 1 N–H and O–H groups in total. The smallest absolute Gasteiger partial charge is 0.383 e. The monoisotopic (exact) mass is 352 g/mol. The first kappa shape index (κ1) is 19.6. The van der Waals surface area contributed by atoms with E-state index in [1.54, 1.807) is 14.1 Å². The van der Waals surface area contributed by atoms with Crippen LogP contribution in [0.5, 0.6) is 0 Å². The van der Waals surface area contributed by atoms with E-state index in [0.29, 0.717) is 6.08 Å². The lowest BCUT2D eigenvalue weighted by molar-refractivity contribution is -0.165.